The second kappa shape index (κ2) is 6.05. The van der Waals surface area contributed by atoms with Gasteiger partial charge in [-0.25, -0.2) is 4.79 Å². The molecule has 1 saturated heterocycles. The first-order valence-electron chi connectivity index (χ1n) is 5.79. The van der Waals surface area contributed by atoms with Crippen LogP contribution < -0.4 is 16.4 Å². The topological polar surface area (TPSA) is 104 Å². The van der Waals surface area contributed by atoms with Gasteiger partial charge in [0.05, 0.1) is 18.2 Å². The third-order valence-corrected chi connectivity index (χ3v) is 3.77. The lowest BCUT2D eigenvalue weighted by Crippen LogP contribution is -2.57. The molecule has 1 amide bonds. The Labute approximate surface area is 114 Å². The average Bonchev–Trinajstić information content (AvgIpc) is 2.36. The van der Waals surface area contributed by atoms with Crippen molar-refractivity contribution in [3.8, 4) is 0 Å². The molecule has 1 aromatic rings. The van der Waals surface area contributed by atoms with Crippen LogP contribution in [0.2, 0.25) is 0 Å². The van der Waals surface area contributed by atoms with Gasteiger partial charge in [-0.2, -0.15) is 0 Å². The third kappa shape index (κ3) is 3.95. The largest absolute Gasteiger partial charge is 0.478 e. The van der Waals surface area contributed by atoms with E-state index in [2.05, 4.69) is 10.6 Å². The van der Waals surface area contributed by atoms with Crippen LogP contribution in [0.1, 0.15) is 22.3 Å². The predicted octanol–water partition coefficient (Wildman–Crippen LogP) is 0.296. The first-order chi connectivity index (χ1) is 9.04. The molecule has 1 aliphatic rings. The molecular formula is C12H15N3O3S. The lowest BCUT2D eigenvalue weighted by molar-refractivity contribution is -0.123. The van der Waals surface area contributed by atoms with E-state index in [4.69, 9.17) is 10.8 Å². The summed E-state index contributed by atoms with van der Waals surface area (Å²) in [4.78, 5) is 22.0. The molecule has 2 rings (SSSR count). The van der Waals surface area contributed by atoms with Crippen LogP contribution in [0.5, 0.6) is 0 Å². The van der Waals surface area contributed by atoms with Gasteiger partial charge in [-0.05, 0) is 17.7 Å². The normalized spacial score (nSPS) is 22.9. The van der Waals surface area contributed by atoms with E-state index in [9.17, 15) is 9.59 Å². The van der Waals surface area contributed by atoms with Crippen molar-refractivity contribution < 1.29 is 14.7 Å². The minimum absolute atomic E-state index is 0.0648. The molecule has 5 N–H and O–H groups in total. The molecule has 0 spiro atoms. The molecule has 0 aliphatic carbocycles. The molecule has 0 bridgehead atoms. The summed E-state index contributed by atoms with van der Waals surface area (Å²) in [6.07, 6.45) is -0.0367. The van der Waals surface area contributed by atoms with Crippen LogP contribution in [0, 0.1) is 0 Å². The molecule has 6 nitrogen and oxygen atoms in total. The van der Waals surface area contributed by atoms with Crippen LogP contribution in [0.15, 0.2) is 24.3 Å². The van der Waals surface area contributed by atoms with Gasteiger partial charge in [0.25, 0.3) is 0 Å². The Morgan fingerprint density at radius 1 is 1.42 bits per heavy atom. The summed E-state index contributed by atoms with van der Waals surface area (Å²) in [6, 6.07) is 6.66. The Morgan fingerprint density at radius 3 is 2.68 bits per heavy atom. The number of carbonyl (C=O) groups excluding carboxylic acids is 1. The number of amides is 1. The minimum Gasteiger partial charge on any atom is -0.478 e. The summed E-state index contributed by atoms with van der Waals surface area (Å²) < 4.78 is 0. The Bertz CT molecular complexity index is 478. The average molecular weight is 281 g/mol. The first kappa shape index (κ1) is 13.9. The Morgan fingerprint density at radius 2 is 2.11 bits per heavy atom. The molecule has 1 aromatic carbocycles. The monoisotopic (exact) mass is 281 g/mol. The van der Waals surface area contributed by atoms with Gasteiger partial charge in [0, 0.05) is 5.75 Å². The van der Waals surface area contributed by atoms with Crippen LogP contribution >= 0.6 is 11.8 Å². The molecule has 0 aromatic heterocycles. The molecule has 1 heterocycles. The molecule has 0 saturated carbocycles. The molecule has 7 heteroatoms. The Kier molecular flexibility index (Phi) is 4.41. The highest BCUT2D eigenvalue weighted by Crippen LogP contribution is 2.17. The van der Waals surface area contributed by atoms with E-state index in [1.165, 1.54) is 11.8 Å². The second-order valence-corrected chi connectivity index (χ2v) is 5.33. The van der Waals surface area contributed by atoms with Crippen LogP contribution in [0.4, 0.5) is 0 Å². The predicted molar refractivity (Wildman–Crippen MR) is 72.4 cm³/mol. The van der Waals surface area contributed by atoms with Crippen LogP contribution in [0.3, 0.4) is 0 Å². The summed E-state index contributed by atoms with van der Waals surface area (Å²) in [5.74, 6) is -0.346. The molecule has 1 fully saturated rings. The summed E-state index contributed by atoms with van der Waals surface area (Å²) in [6.45, 7) is 0. The lowest BCUT2D eigenvalue weighted by atomic mass is 10.1. The van der Waals surface area contributed by atoms with E-state index in [1.54, 1.807) is 24.3 Å². The first-order valence-corrected chi connectivity index (χ1v) is 6.84. The number of hydrogen-bond donors (Lipinski definition) is 4. The Balaban J connectivity index is 1.88. The maximum atomic E-state index is 11.3. The molecule has 102 valence electrons. The zero-order valence-corrected chi connectivity index (χ0v) is 10.9. The maximum absolute atomic E-state index is 11.3. The van der Waals surface area contributed by atoms with Crippen molar-refractivity contribution in [2.24, 2.45) is 5.73 Å². The SMILES string of the molecule is NC1CC(=O)NC(SCc2ccc(C(=O)O)cc2)N1. The number of nitrogens with one attached hydrogen (secondary N) is 2. The summed E-state index contributed by atoms with van der Waals surface area (Å²) >= 11 is 1.50. The van der Waals surface area contributed by atoms with Gasteiger partial charge in [0.15, 0.2) is 0 Å². The van der Waals surface area contributed by atoms with E-state index >= 15 is 0 Å². The molecule has 2 atom stereocenters. The highest BCUT2D eigenvalue weighted by Gasteiger charge is 2.22. The van der Waals surface area contributed by atoms with Crippen molar-refractivity contribution in [1.29, 1.82) is 0 Å². The number of benzene rings is 1. The molecule has 0 radical (unpaired) electrons. The van der Waals surface area contributed by atoms with Crippen molar-refractivity contribution in [1.82, 2.24) is 10.6 Å². The van der Waals surface area contributed by atoms with E-state index in [0.717, 1.165) is 5.56 Å². The lowest BCUT2D eigenvalue weighted by Gasteiger charge is -2.28. The fourth-order valence-corrected chi connectivity index (χ4v) is 2.75. The molecule has 1 aliphatic heterocycles. The number of carbonyl (C=O) groups is 2. The number of hydrogen-bond acceptors (Lipinski definition) is 5. The van der Waals surface area contributed by atoms with Gasteiger partial charge in [0.2, 0.25) is 5.91 Å². The van der Waals surface area contributed by atoms with Crippen molar-refractivity contribution in [3.63, 3.8) is 0 Å². The third-order valence-electron chi connectivity index (χ3n) is 2.68. The number of thioether (sulfide) groups is 1. The quantitative estimate of drug-likeness (QED) is 0.632. The second-order valence-electron chi connectivity index (χ2n) is 4.24. The van der Waals surface area contributed by atoms with Crippen molar-refractivity contribution >= 4 is 23.6 Å². The van der Waals surface area contributed by atoms with Gasteiger partial charge < -0.3 is 16.2 Å². The van der Waals surface area contributed by atoms with Crippen LogP contribution in [-0.2, 0) is 10.5 Å². The highest BCUT2D eigenvalue weighted by molar-refractivity contribution is 7.99. The number of carboxylic acid groups (broad SMARTS) is 1. The molecule has 2 unspecified atom stereocenters. The van der Waals surface area contributed by atoms with Crippen molar-refractivity contribution in [3.05, 3.63) is 35.4 Å². The Hall–Kier alpha value is -1.57. The van der Waals surface area contributed by atoms with Crippen LogP contribution in [0.25, 0.3) is 0 Å². The number of carboxylic acids is 1. The number of aromatic carboxylic acids is 1. The maximum Gasteiger partial charge on any atom is 0.335 e. The summed E-state index contributed by atoms with van der Waals surface area (Å²) in [5, 5.41) is 14.6. The van der Waals surface area contributed by atoms with Crippen LogP contribution in [-0.4, -0.2) is 28.6 Å². The van der Waals surface area contributed by atoms with E-state index < -0.39 is 5.97 Å². The van der Waals surface area contributed by atoms with Crippen molar-refractivity contribution in [2.75, 3.05) is 0 Å². The van der Waals surface area contributed by atoms with Gasteiger partial charge in [-0.15, -0.1) is 11.8 Å². The fourth-order valence-electron chi connectivity index (χ4n) is 1.71. The smallest absolute Gasteiger partial charge is 0.335 e. The molecule has 19 heavy (non-hydrogen) atoms. The van der Waals surface area contributed by atoms with Crippen molar-refractivity contribution in [2.45, 2.75) is 23.8 Å². The minimum atomic E-state index is -0.939. The van der Waals surface area contributed by atoms with E-state index in [0.29, 0.717) is 5.75 Å². The van der Waals surface area contributed by atoms with Gasteiger partial charge in [-0.1, -0.05) is 12.1 Å². The summed E-state index contributed by atoms with van der Waals surface area (Å²) in [5.41, 5.74) is 6.73. The zero-order valence-electron chi connectivity index (χ0n) is 10.1. The van der Waals surface area contributed by atoms with Gasteiger partial charge in [-0.3, -0.25) is 10.1 Å². The standard InChI is InChI=1S/C12H15N3O3S/c13-9-5-10(16)15-12(14-9)19-6-7-1-3-8(4-2-7)11(17)18/h1-4,9,12,14H,5-6,13H2,(H,15,16)(H,17,18). The van der Waals surface area contributed by atoms with E-state index in [1.807, 2.05) is 0 Å². The fraction of sp³-hybridized carbons (Fsp3) is 0.333. The molecular weight excluding hydrogens is 266 g/mol. The van der Waals surface area contributed by atoms with E-state index in [-0.39, 0.29) is 29.6 Å². The number of rotatable bonds is 4. The van der Waals surface area contributed by atoms with Gasteiger partial charge in [0.1, 0.15) is 5.50 Å². The van der Waals surface area contributed by atoms with Gasteiger partial charge >= 0.3 is 5.97 Å². The number of nitrogens with two attached hydrogens (primary N) is 1. The highest BCUT2D eigenvalue weighted by atomic mass is 32.2. The summed E-state index contributed by atoms with van der Waals surface area (Å²) in [7, 11) is 0. The zero-order chi connectivity index (χ0) is 13.8.